The van der Waals surface area contributed by atoms with Gasteiger partial charge in [0, 0.05) is 22.7 Å². The fourth-order valence-electron chi connectivity index (χ4n) is 4.03. The van der Waals surface area contributed by atoms with E-state index in [1.54, 1.807) is 12.3 Å². The number of aliphatic hydroxyl groups is 1. The Bertz CT molecular complexity index is 1070. The molecule has 1 aromatic heterocycles. The highest BCUT2D eigenvalue weighted by Crippen LogP contribution is 2.52. The van der Waals surface area contributed by atoms with Gasteiger partial charge >= 0.3 is 5.97 Å². The van der Waals surface area contributed by atoms with E-state index in [0.717, 1.165) is 17.3 Å². The molecule has 4 rings (SSSR count). The Morgan fingerprint density at radius 2 is 2.03 bits per heavy atom. The summed E-state index contributed by atoms with van der Waals surface area (Å²) in [5.74, 6) is -2.75. The standard InChI is InChI=1S/C21H21N3O5S2/c1-10-15-14(11(2)25)19(27)24(15)16(20(28)29)17(10)31-21-23-13(9-30-21)18(26)22-8-12-6-4-3-5-7-12/h3-7,9-11,14-15,25H,8H2,1-2H3,(H,22,26)(H,28,29)/t10-,11-,14-,15-/m1/s1. The second-order valence-electron chi connectivity index (χ2n) is 7.54. The van der Waals surface area contributed by atoms with Crippen LogP contribution in [0.4, 0.5) is 0 Å². The Kier molecular flexibility index (Phi) is 5.87. The Morgan fingerprint density at radius 3 is 2.68 bits per heavy atom. The van der Waals surface area contributed by atoms with Crippen LogP contribution in [-0.4, -0.2) is 50.0 Å². The summed E-state index contributed by atoms with van der Waals surface area (Å²) >= 11 is 2.41. The lowest BCUT2D eigenvalue weighted by atomic mass is 9.79. The number of amides is 2. The normalized spacial score (nSPS) is 23.4. The highest BCUT2D eigenvalue weighted by molar-refractivity contribution is 8.04. The minimum atomic E-state index is -1.19. The number of aliphatic hydroxyl groups excluding tert-OH is 1. The van der Waals surface area contributed by atoms with E-state index in [0.29, 0.717) is 15.8 Å². The van der Waals surface area contributed by atoms with Crippen LogP contribution in [-0.2, 0) is 16.1 Å². The number of nitrogens with one attached hydrogen (secondary N) is 1. The lowest BCUT2D eigenvalue weighted by Crippen LogP contribution is -2.63. The fraction of sp³-hybridized carbons (Fsp3) is 0.333. The first-order chi connectivity index (χ1) is 14.8. The van der Waals surface area contributed by atoms with Crippen LogP contribution in [0.3, 0.4) is 0 Å². The number of carboxylic acid groups (broad SMARTS) is 1. The van der Waals surface area contributed by atoms with Crippen LogP contribution in [0.15, 0.2) is 50.7 Å². The molecule has 162 valence electrons. The molecule has 0 radical (unpaired) electrons. The van der Waals surface area contributed by atoms with E-state index in [9.17, 15) is 24.6 Å². The van der Waals surface area contributed by atoms with Gasteiger partial charge in [-0.05, 0) is 12.5 Å². The topological polar surface area (TPSA) is 120 Å². The summed E-state index contributed by atoms with van der Waals surface area (Å²) in [6.45, 7) is 3.77. The van der Waals surface area contributed by atoms with Gasteiger partial charge in [-0.25, -0.2) is 9.78 Å². The number of aliphatic carboxylic acids is 1. The quantitative estimate of drug-likeness (QED) is 0.544. The summed E-state index contributed by atoms with van der Waals surface area (Å²) in [5, 5.41) is 24.1. The molecule has 2 aromatic rings. The van der Waals surface area contributed by atoms with Crippen molar-refractivity contribution in [2.45, 2.75) is 36.9 Å². The number of rotatable bonds is 7. The van der Waals surface area contributed by atoms with Gasteiger partial charge in [-0.15, -0.1) is 11.3 Å². The number of thiazole rings is 1. The minimum Gasteiger partial charge on any atom is -0.477 e. The van der Waals surface area contributed by atoms with Crippen molar-refractivity contribution in [1.82, 2.24) is 15.2 Å². The largest absolute Gasteiger partial charge is 0.477 e. The van der Waals surface area contributed by atoms with Gasteiger partial charge in [0.2, 0.25) is 5.91 Å². The molecule has 2 amide bonds. The van der Waals surface area contributed by atoms with Gasteiger partial charge in [-0.1, -0.05) is 49.0 Å². The van der Waals surface area contributed by atoms with E-state index in [4.69, 9.17) is 0 Å². The first kappa shape index (κ1) is 21.5. The van der Waals surface area contributed by atoms with E-state index in [1.807, 2.05) is 37.3 Å². The second kappa shape index (κ2) is 8.45. The van der Waals surface area contributed by atoms with Crippen LogP contribution in [0.1, 0.15) is 29.9 Å². The molecular weight excluding hydrogens is 438 g/mol. The van der Waals surface area contributed by atoms with E-state index in [2.05, 4.69) is 10.3 Å². The van der Waals surface area contributed by atoms with Crippen molar-refractivity contribution >= 4 is 40.9 Å². The molecule has 0 spiro atoms. The lowest BCUT2D eigenvalue weighted by Gasteiger charge is -2.46. The predicted octanol–water partition coefficient (Wildman–Crippen LogP) is 2.32. The first-order valence-electron chi connectivity index (χ1n) is 9.73. The third-order valence-electron chi connectivity index (χ3n) is 5.52. The molecule has 1 aromatic carbocycles. The Labute approximate surface area is 187 Å². The number of aromatic nitrogens is 1. The molecule has 8 nitrogen and oxygen atoms in total. The number of nitrogens with zero attached hydrogens (tertiary/aromatic N) is 2. The van der Waals surface area contributed by atoms with Gasteiger partial charge in [0.05, 0.1) is 18.1 Å². The minimum absolute atomic E-state index is 0.0605. The maximum atomic E-state index is 12.4. The van der Waals surface area contributed by atoms with Crippen molar-refractivity contribution < 1.29 is 24.6 Å². The van der Waals surface area contributed by atoms with E-state index < -0.39 is 18.0 Å². The molecule has 0 aliphatic carbocycles. The lowest BCUT2D eigenvalue weighted by molar-refractivity contribution is -0.163. The summed E-state index contributed by atoms with van der Waals surface area (Å²) < 4.78 is 0.522. The SMILES string of the molecule is C[C@@H](O)[C@H]1C(=O)N2C(C(=O)O)=C(Sc3nc(C(=O)NCc4ccccc4)cs3)[C@H](C)[C@H]12. The number of carbonyl (C=O) groups excluding carboxylic acids is 2. The molecule has 31 heavy (non-hydrogen) atoms. The van der Waals surface area contributed by atoms with Crippen LogP contribution < -0.4 is 5.32 Å². The fourth-order valence-corrected chi connectivity index (χ4v) is 6.10. The zero-order valence-corrected chi connectivity index (χ0v) is 18.4. The summed E-state index contributed by atoms with van der Waals surface area (Å²) in [7, 11) is 0. The number of hydrogen-bond acceptors (Lipinski definition) is 7. The third kappa shape index (κ3) is 3.86. The van der Waals surface area contributed by atoms with E-state index >= 15 is 0 Å². The van der Waals surface area contributed by atoms with Crippen molar-refractivity contribution in [2.24, 2.45) is 11.8 Å². The summed E-state index contributed by atoms with van der Waals surface area (Å²) in [4.78, 5) is 42.9. The molecule has 2 aliphatic rings. The number of benzene rings is 1. The maximum absolute atomic E-state index is 12.4. The molecule has 2 aliphatic heterocycles. The molecule has 1 saturated heterocycles. The average molecular weight is 460 g/mol. The average Bonchev–Trinajstić information content (AvgIpc) is 3.29. The number of hydrogen-bond donors (Lipinski definition) is 3. The monoisotopic (exact) mass is 459 g/mol. The molecule has 4 atom stereocenters. The van der Waals surface area contributed by atoms with Gasteiger partial charge in [0.15, 0.2) is 4.34 Å². The van der Waals surface area contributed by atoms with Crippen molar-refractivity contribution in [2.75, 3.05) is 0 Å². The summed E-state index contributed by atoms with van der Waals surface area (Å²) in [6.07, 6.45) is -0.852. The van der Waals surface area contributed by atoms with Crippen molar-refractivity contribution in [1.29, 1.82) is 0 Å². The highest BCUT2D eigenvalue weighted by Gasteiger charge is 2.60. The van der Waals surface area contributed by atoms with Crippen LogP contribution >= 0.6 is 23.1 Å². The molecule has 3 heterocycles. The zero-order valence-electron chi connectivity index (χ0n) is 16.8. The van der Waals surface area contributed by atoms with E-state index in [1.165, 1.54) is 16.2 Å². The maximum Gasteiger partial charge on any atom is 0.353 e. The Hall–Kier alpha value is -2.69. The van der Waals surface area contributed by atoms with Crippen molar-refractivity contribution in [3.05, 3.63) is 57.6 Å². The molecule has 0 unspecified atom stereocenters. The number of fused-ring (bicyclic) bond motifs is 1. The molecule has 0 bridgehead atoms. The first-order valence-corrected chi connectivity index (χ1v) is 11.4. The predicted molar refractivity (Wildman–Crippen MR) is 115 cm³/mol. The van der Waals surface area contributed by atoms with Gasteiger partial charge in [0.1, 0.15) is 11.4 Å². The Balaban J connectivity index is 1.49. The number of thioether (sulfide) groups is 1. The van der Waals surface area contributed by atoms with Crippen molar-refractivity contribution in [3.8, 4) is 0 Å². The zero-order chi connectivity index (χ0) is 22.3. The van der Waals surface area contributed by atoms with Crippen molar-refractivity contribution in [3.63, 3.8) is 0 Å². The number of carboxylic acids is 1. The molecular formula is C21H21N3O5S2. The molecule has 3 N–H and O–H groups in total. The van der Waals surface area contributed by atoms with E-state index in [-0.39, 0.29) is 35.2 Å². The molecule has 1 fully saturated rings. The highest BCUT2D eigenvalue weighted by atomic mass is 32.2. The van der Waals surface area contributed by atoms with Gasteiger partial charge in [0.25, 0.3) is 5.91 Å². The van der Waals surface area contributed by atoms with Crippen LogP contribution in [0.5, 0.6) is 0 Å². The van der Waals surface area contributed by atoms with Crippen LogP contribution in [0.25, 0.3) is 0 Å². The summed E-state index contributed by atoms with van der Waals surface area (Å²) in [5.41, 5.74) is 1.17. The van der Waals surface area contributed by atoms with Gasteiger partial charge in [-0.3, -0.25) is 9.59 Å². The van der Waals surface area contributed by atoms with Crippen LogP contribution in [0.2, 0.25) is 0 Å². The molecule has 10 heteroatoms. The summed E-state index contributed by atoms with van der Waals surface area (Å²) in [6, 6.07) is 9.14. The smallest absolute Gasteiger partial charge is 0.353 e. The molecule has 0 saturated carbocycles. The second-order valence-corrected chi connectivity index (χ2v) is 9.69. The third-order valence-corrected chi connectivity index (χ3v) is 7.74. The van der Waals surface area contributed by atoms with Gasteiger partial charge < -0.3 is 20.4 Å². The Morgan fingerprint density at radius 1 is 1.32 bits per heavy atom. The van der Waals surface area contributed by atoms with Gasteiger partial charge in [-0.2, -0.15) is 0 Å². The number of β-lactam (4-membered cyclic amide) rings is 1. The van der Waals surface area contributed by atoms with Crippen LogP contribution in [0, 0.1) is 11.8 Å². The number of carbonyl (C=O) groups is 3.